The highest BCUT2D eigenvalue weighted by Gasteiger charge is 2.09. The third-order valence-electron chi connectivity index (χ3n) is 3.61. The standard InChI is InChI=1S/C19H17FN4O/c1-13-6-8-15(9-7-13)24-19(25)17-11-23-18(12-21-17)22-10-14-4-2-3-5-16(14)20/h2-9,11-12H,10H2,1H3,(H,22,23)(H,24,25). The predicted octanol–water partition coefficient (Wildman–Crippen LogP) is 3.79. The Labute approximate surface area is 145 Å². The Bertz CT molecular complexity index is 863. The minimum Gasteiger partial charge on any atom is -0.365 e. The van der Waals surface area contributed by atoms with Gasteiger partial charge in [0.25, 0.3) is 5.91 Å². The summed E-state index contributed by atoms with van der Waals surface area (Å²) in [7, 11) is 0. The summed E-state index contributed by atoms with van der Waals surface area (Å²) in [4.78, 5) is 20.4. The van der Waals surface area contributed by atoms with Gasteiger partial charge in [0.15, 0.2) is 0 Å². The van der Waals surface area contributed by atoms with Crippen molar-refractivity contribution >= 4 is 17.4 Å². The first-order valence-corrected chi connectivity index (χ1v) is 7.79. The monoisotopic (exact) mass is 336 g/mol. The lowest BCUT2D eigenvalue weighted by Gasteiger charge is -2.08. The van der Waals surface area contributed by atoms with Crippen LogP contribution in [0.15, 0.2) is 60.9 Å². The highest BCUT2D eigenvalue weighted by molar-refractivity contribution is 6.02. The molecule has 5 nitrogen and oxygen atoms in total. The second-order valence-electron chi connectivity index (χ2n) is 5.55. The quantitative estimate of drug-likeness (QED) is 0.744. The molecular formula is C19H17FN4O. The van der Waals surface area contributed by atoms with Gasteiger partial charge >= 0.3 is 0 Å². The van der Waals surface area contributed by atoms with Gasteiger partial charge < -0.3 is 10.6 Å². The third-order valence-corrected chi connectivity index (χ3v) is 3.61. The summed E-state index contributed by atoms with van der Waals surface area (Å²) in [6, 6.07) is 14.0. The Balaban J connectivity index is 1.60. The number of carbonyl (C=O) groups is 1. The molecule has 3 rings (SSSR count). The number of carbonyl (C=O) groups excluding carboxylic acids is 1. The van der Waals surface area contributed by atoms with Gasteiger partial charge in [-0.15, -0.1) is 0 Å². The molecule has 0 aliphatic heterocycles. The van der Waals surface area contributed by atoms with Gasteiger partial charge in [0.1, 0.15) is 17.3 Å². The van der Waals surface area contributed by atoms with Crippen molar-refractivity contribution in [3.63, 3.8) is 0 Å². The zero-order valence-electron chi connectivity index (χ0n) is 13.7. The number of benzene rings is 2. The number of nitrogens with one attached hydrogen (secondary N) is 2. The number of hydrogen-bond acceptors (Lipinski definition) is 4. The van der Waals surface area contributed by atoms with Gasteiger partial charge in [-0.3, -0.25) is 4.79 Å². The fourth-order valence-electron chi connectivity index (χ4n) is 2.20. The summed E-state index contributed by atoms with van der Waals surface area (Å²) < 4.78 is 13.6. The topological polar surface area (TPSA) is 66.9 Å². The van der Waals surface area contributed by atoms with E-state index in [4.69, 9.17) is 0 Å². The maximum atomic E-state index is 13.6. The van der Waals surface area contributed by atoms with Gasteiger partial charge in [0.05, 0.1) is 12.4 Å². The Kier molecular flexibility index (Phi) is 4.99. The van der Waals surface area contributed by atoms with Crippen molar-refractivity contribution < 1.29 is 9.18 Å². The molecule has 1 heterocycles. The van der Waals surface area contributed by atoms with Gasteiger partial charge in [-0.25, -0.2) is 14.4 Å². The van der Waals surface area contributed by atoms with E-state index in [1.807, 2.05) is 31.2 Å². The molecule has 6 heteroatoms. The van der Waals surface area contributed by atoms with Crippen molar-refractivity contribution in [3.8, 4) is 0 Å². The van der Waals surface area contributed by atoms with Crippen LogP contribution in [0.1, 0.15) is 21.6 Å². The molecule has 0 saturated carbocycles. The minimum absolute atomic E-state index is 0.206. The molecule has 0 unspecified atom stereocenters. The van der Waals surface area contributed by atoms with E-state index in [9.17, 15) is 9.18 Å². The maximum Gasteiger partial charge on any atom is 0.275 e. The summed E-state index contributed by atoms with van der Waals surface area (Å²) in [6.45, 7) is 2.26. The van der Waals surface area contributed by atoms with Crippen molar-refractivity contribution in [1.82, 2.24) is 9.97 Å². The molecule has 0 aliphatic rings. The lowest BCUT2D eigenvalue weighted by molar-refractivity contribution is 0.102. The van der Waals surface area contributed by atoms with Crippen molar-refractivity contribution in [1.29, 1.82) is 0 Å². The minimum atomic E-state index is -0.336. The zero-order valence-corrected chi connectivity index (χ0v) is 13.7. The van der Waals surface area contributed by atoms with Crippen molar-refractivity contribution in [2.24, 2.45) is 0 Å². The van der Waals surface area contributed by atoms with Crippen LogP contribution in [0.2, 0.25) is 0 Å². The molecule has 0 atom stereocenters. The summed E-state index contributed by atoms with van der Waals surface area (Å²) >= 11 is 0. The molecule has 2 aromatic carbocycles. The SMILES string of the molecule is Cc1ccc(NC(=O)c2cnc(NCc3ccccc3F)cn2)cc1. The molecule has 0 radical (unpaired) electrons. The van der Waals surface area contributed by atoms with E-state index in [0.717, 1.165) is 5.56 Å². The molecule has 126 valence electrons. The second kappa shape index (κ2) is 7.53. The summed E-state index contributed by atoms with van der Waals surface area (Å²) in [5.41, 5.74) is 2.55. The van der Waals surface area contributed by atoms with Gasteiger partial charge in [0.2, 0.25) is 0 Å². The molecule has 0 spiro atoms. The van der Waals surface area contributed by atoms with Crippen LogP contribution in [0.25, 0.3) is 0 Å². The summed E-state index contributed by atoms with van der Waals surface area (Å²) in [6.07, 6.45) is 2.83. The van der Waals surface area contributed by atoms with Crippen LogP contribution in [-0.2, 0) is 6.54 Å². The molecule has 2 N–H and O–H groups in total. The number of nitrogens with zero attached hydrogens (tertiary/aromatic N) is 2. The Morgan fingerprint density at radius 1 is 1.04 bits per heavy atom. The lowest BCUT2D eigenvalue weighted by Crippen LogP contribution is -2.14. The van der Waals surface area contributed by atoms with Gasteiger partial charge in [-0.1, -0.05) is 35.9 Å². The number of aryl methyl sites for hydroxylation is 1. The first kappa shape index (κ1) is 16.6. The van der Waals surface area contributed by atoms with Crippen molar-refractivity contribution in [2.45, 2.75) is 13.5 Å². The van der Waals surface area contributed by atoms with Crippen molar-refractivity contribution in [2.75, 3.05) is 10.6 Å². The largest absolute Gasteiger partial charge is 0.365 e. The van der Waals surface area contributed by atoms with Crippen LogP contribution in [0.4, 0.5) is 15.9 Å². The number of amides is 1. The van der Waals surface area contributed by atoms with E-state index < -0.39 is 0 Å². The highest BCUT2D eigenvalue weighted by atomic mass is 19.1. The number of rotatable bonds is 5. The van der Waals surface area contributed by atoms with Crippen LogP contribution in [-0.4, -0.2) is 15.9 Å². The normalized spacial score (nSPS) is 10.3. The summed E-state index contributed by atoms with van der Waals surface area (Å²) in [5, 5.41) is 5.74. The van der Waals surface area contributed by atoms with Gasteiger partial charge in [-0.05, 0) is 25.1 Å². The Morgan fingerprint density at radius 2 is 1.80 bits per heavy atom. The third kappa shape index (κ3) is 4.38. The van der Waals surface area contributed by atoms with Crippen LogP contribution in [0.3, 0.4) is 0 Å². The van der Waals surface area contributed by atoms with Gasteiger partial charge in [-0.2, -0.15) is 0 Å². The zero-order chi connectivity index (χ0) is 17.6. The van der Waals surface area contributed by atoms with Gasteiger partial charge in [0, 0.05) is 17.8 Å². The number of aromatic nitrogens is 2. The molecule has 0 saturated heterocycles. The van der Waals surface area contributed by atoms with E-state index in [0.29, 0.717) is 17.1 Å². The van der Waals surface area contributed by atoms with Crippen LogP contribution >= 0.6 is 0 Å². The van der Waals surface area contributed by atoms with E-state index in [2.05, 4.69) is 20.6 Å². The van der Waals surface area contributed by atoms with E-state index in [1.54, 1.807) is 18.2 Å². The van der Waals surface area contributed by atoms with Crippen molar-refractivity contribution in [3.05, 3.63) is 83.6 Å². The molecular weight excluding hydrogens is 319 g/mol. The molecule has 3 aromatic rings. The smallest absolute Gasteiger partial charge is 0.275 e. The average molecular weight is 336 g/mol. The number of anilines is 2. The summed E-state index contributed by atoms with van der Waals surface area (Å²) in [5.74, 6) is -0.149. The fourth-order valence-corrected chi connectivity index (χ4v) is 2.20. The number of hydrogen-bond donors (Lipinski definition) is 2. The molecule has 25 heavy (non-hydrogen) atoms. The number of halogens is 1. The lowest BCUT2D eigenvalue weighted by atomic mass is 10.2. The molecule has 1 amide bonds. The average Bonchev–Trinajstić information content (AvgIpc) is 2.63. The molecule has 0 aliphatic carbocycles. The first-order valence-electron chi connectivity index (χ1n) is 7.79. The molecule has 0 bridgehead atoms. The second-order valence-corrected chi connectivity index (χ2v) is 5.55. The fraction of sp³-hybridized carbons (Fsp3) is 0.105. The van der Waals surface area contributed by atoms with E-state index in [-0.39, 0.29) is 24.0 Å². The Morgan fingerprint density at radius 3 is 2.48 bits per heavy atom. The Hall–Kier alpha value is -3.28. The van der Waals surface area contributed by atoms with Crippen LogP contribution in [0.5, 0.6) is 0 Å². The predicted molar refractivity (Wildman–Crippen MR) is 94.9 cm³/mol. The molecule has 0 fully saturated rings. The van der Waals surface area contributed by atoms with Crippen LogP contribution < -0.4 is 10.6 Å². The van der Waals surface area contributed by atoms with E-state index >= 15 is 0 Å². The highest BCUT2D eigenvalue weighted by Crippen LogP contribution is 2.11. The molecule has 1 aromatic heterocycles. The first-order chi connectivity index (χ1) is 12.1. The van der Waals surface area contributed by atoms with Crippen LogP contribution in [0, 0.1) is 12.7 Å². The van der Waals surface area contributed by atoms with E-state index in [1.165, 1.54) is 18.5 Å². The maximum absolute atomic E-state index is 13.6.